The number of fused-ring (bicyclic) bond motifs is 1. The van der Waals surface area contributed by atoms with Gasteiger partial charge in [-0.05, 0) is 15.9 Å². The van der Waals surface area contributed by atoms with Gasteiger partial charge in [0, 0.05) is 62.8 Å². The van der Waals surface area contributed by atoms with Crippen molar-refractivity contribution in [3.8, 4) is 0 Å². The van der Waals surface area contributed by atoms with Crippen LogP contribution in [0.4, 0.5) is 5.95 Å². The molecule has 0 saturated carbocycles. The molecule has 0 unspecified atom stereocenters. The third-order valence-corrected chi connectivity index (χ3v) is 5.17. The van der Waals surface area contributed by atoms with E-state index >= 15 is 0 Å². The molecule has 24 heavy (non-hydrogen) atoms. The monoisotopic (exact) mass is 406 g/mol. The van der Waals surface area contributed by atoms with Gasteiger partial charge in [-0.3, -0.25) is 14.1 Å². The molecule has 7 nitrogen and oxygen atoms in total. The van der Waals surface area contributed by atoms with E-state index in [0.717, 1.165) is 47.3 Å². The van der Waals surface area contributed by atoms with E-state index in [2.05, 4.69) is 40.7 Å². The lowest BCUT2D eigenvalue weighted by atomic mass is 10.3. The van der Waals surface area contributed by atoms with Gasteiger partial charge in [0.25, 0.3) is 5.56 Å². The van der Waals surface area contributed by atoms with Crippen molar-refractivity contribution in [1.29, 1.82) is 0 Å². The predicted molar refractivity (Wildman–Crippen MR) is 96.6 cm³/mol. The van der Waals surface area contributed by atoms with Crippen molar-refractivity contribution in [2.45, 2.75) is 6.54 Å². The van der Waals surface area contributed by atoms with Crippen LogP contribution in [0.1, 0.15) is 5.69 Å². The number of hydrogen-bond donors (Lipinski definition) is 0. The van der Waals surface area contributed by atoms with E-state index in [1.807, 2.05) is 5.38 Å². The maximum atomic E-state index is 12.0. The first kappa shape index (κ1) is 15.7. The highest BCUT2D eigenvalue weighted by molar-refractivity contribution is 9.10. The summed E-state index contributed by atoms with van der Waals surface area (Å²) in [7, 11) is 0. The van der Waals surface area contributed by atoms with Gasteiger partial charge in [0.15, 0.2) is 4.96 Å². The Morgan fingerprint density at radius 1 is 1.17 bits per heavy atom. The highest BCUT2D eigenvalue weighted by Gasteiger charge is 2.19. The van der Waals surface area contributed by atoms with E-state index in [4.69, 9.17) is 0 Å². The largest absolute Gasteiger partial charge is 0.338 e. The number of hydrogen-bond acceptors (Lipinski definition) is 7. The molecule has 0 aromatic carbocycles. The van der Waals surface area contributed by atoms with E-state index < -0.39 is 0 Å². The summed E-state index contributed by atoms with van der Waals surface area (Å²) in [6, 6.07) is 1.63. The van der Waals surface area contributed by atoms with E-state index in [9.17, 15) is 4.79 Å². The van der Waals surface area contributed by atoms with Crippen LogP contribution < -0.4 is 10.5 Å². The highest BCUT2D eigenvalue weighted by Crippen LogP contribution is 2.14. The van der Waals surface area contributed by atoms with E-state index in [1.165, 1.54) is 11.3 Å². The van der Waals surface area contributed by atoms with Crippen molar-refractivity contribution >= 4 is 38.2 Å². The fraction of sp³-hybridized carbons (Fsp3) is 0.333. The van der Waals surface area contributed by atoms with Crippen LogP contribution in [0.3, 0.4) is 0 Å². The maximum Gasteiger partial charge on any atom is 0.258 e. The van der Waals surface area contributed by atoms with E-state index in [-0.39, 0.29) is 5.56 Å². The Bertz CT molecular complexity index is 900. The van der Waals surface area contributed by atoms with Crippen LogP contribution >= 0.6 is 27.3 Å². The lowest BCUT2D eigenvalue weighted by Gasteiger charge is -2.34. The van der Waals surface area contributed by atoms with Crippen LogP contribution in [-0.2, 0) is 6.54 Å². The summed E-state index contributed by atoms with van der Waals surface area (Å²) in [5.74, 6) is 0.759. The number of rotatable bonds is 3. The van der Waals surface area contributed by atoms with Gasteiger partial charge in [-0.2, -0.15) is 0 Å². The molecule has 4 heterocycles. The molecule has 0 bridgehead atoms. The Labute approximate surface area is 150 Å². The number of halogens is 1. The molecular weight excluding hydrogens is 392 g/mol. The van der Waals surface area contributed by atoms with Crippen molar-refractivity contribution < 1.29 is 0 Å². The molecule has 1 saturated heterocycles. The molecule has 124 valence electrons. The van der Waals surface area contributed by atoms with Crippen LogP contribution in [-0.4, -0.2) is 50.4 Å². The Hall–Kier alpha value is -1.84. The summed E-state index contributed by atoms with van der Waals surface area (Å²) >= 11 is 4.83. The van der Waals surface area contributed by atoms with Crippen molar-refractivity contribution in [2.75, 3.05) is 31.1 Å². The molecule has 0 amide bonds. The molecule has 0 N–H and O–H groups in total. The molecule has 4 rings (SSSR count). The number of thiazole rings is 1. The second-order valence-corrected chi connectivity index (χ2v) is 7.39. The highest BCUT2D eigenvalue weighted by atomic mass is 79.9. The number of aromatic nitrogens is 4. The first-order valence-electron chi connectivity index (χ1n) is 7.60. The average molecular weight is 407 g/mol. The molecule has 3 aromatic rings. The fourth-order valence-electron chi connectivity index (χ4n) is 2.77. The summed E-state index contributed by atoms with van der Waals surface area (Å²) in [5, 5.41) is 1.88. The fourth-order valence-corrected chi connectivity index (χ4v) is 3.72. The lowest BCUT2D eigenvalue weighted by molar-refractivity contribution is 0.246. The van der Waals surface area contributed by atoms with E-state index in [1.54, 1.807) is 29.1 Å². The predicted octanol–water partition coefficient (Wildman–Crippen LogP) is 1.63. The zero-order chi connectivity index (χ0) is 16.5. The summed E-state index contributed by atoms with van der Waals surface area (Å²) in [5.41, 5.74) is 0.814. The number of nitrogens with zero attached hydrogens (tertiary/aromatic N) is 6. The van der Waals surface area contributed by atoms with Gasteiger partial charge in [0.05, 0.1) is 10.2 Å². The molecule has 0 spiro atoms. The standard InChI is InChI=1S/C15H15BrN6OS/c16-11-8-17-14(18-9-11)21-3-1-20(2-4-21)10-12-7-13(23)22-5-6-24-15(22)19-12/h5-9H,1-4,10H2. The number of anilines is 1. The third-order valence-electron chi connectivity index (χ3n) is 4.00. The minimum atomic E-state index is -0.0156. The molecule has 1 fully saturated rings. The quantitative estimate of drug-likeness (QED) is 0.658. The molecule has 0 atom stereocenters. The molecule has 1 aliphatic rings. The second-order valence-electron chi connectivity index (χ2n) is 5.61. The summed E-state index contributed by atoms with van der Waals surface area (Å²) in [4.78, 5) is 30.5. The van der Waals surface area contributed by atoms with Crippen LogP contribution in [0, 0.1) is 0 Å². The van der Waals surface area contributed by atoms with Crippen LogP contribution in [0.5, 0.6) is 0 Å². The molecule has 1 aliphatic heterocycles. The minimum absolute atomic E-state index is 0.0156. The Morgan fingerprint density at radius 3 is 2.67 bits per heavy atom. The van der Waals surface area contributed by atoms with Crippen LogP contribution in [0.2, 0.25) is 0 Å². The first-order valence-corrected chi connectivity index (χ1v) is 9.27. The van der Waals surface area contributed by atoms with Crippen molar-refractivity contribution in [2.24, 2.45) is 0 Å². The number of piperazine rings is 1. The Morgan fingerprint density at radius 2 is 1.92 bits per heavy atom. The smallest absolute Gasteiger partial charge is 0.258 e. The van der Waals surface area contributed by atoms with Crippen molar-refractivity contribution in [3.05, 3.63) is 50.6 Å². The molecule has 3 aromatic heterocycles. The topological polar surface area (TPSA) is 66.6 Å². The summed E-state index contributed by atoms with van der Waals surface area (Å²) < 4.78 is 2.46. The van der Waals surface area contributed by atoms with Gasteiger partial charge in [0.2, 0.25) is 5.95 Å². The van der Waals surface area contributed by atoms with Gasteiger partial charge >= 0.3 is 0 Å². The van der Waals surface area contributed by atoms with Gasteiger partial charge < -0.3 is 4.90 Å². The Balaban J connectivity index is 1.42. The van der Waals surface area contributed by atoms with Gasteiger partial charge in [-0.15, -0.1) is 11.3 Å². The zero-order valence-electron chi connectivity index (χ0n) is 12.8. The maximum absolute atomic E-state index is 12.0. The zero-order valence-corrected chi connectivity index (χ0v) is 15.2. The van der Waals surface area contributed by atoms with Crippen molar-refractivity contribution in [3.63, 3.8) is 0 Å². The van der Waals surface area contributed by atoms with Crippen molar-refractivity contribution in [1.82, 2.24) is 24.3 Å². The minimum Gasteiger partial charge on any atom is -0.338 e. The third kappa shape index (κ3) is 3.19. The van der Waals surface area contributed by atoms with Gasteiger partial charge in [-0.25, -0.2) is 15.0 Å². The normalized spacial score (nSPS) is 16.0. The first-order chi connectivity index (χ1) is 11.7. The average Bonchev–Trinajstić information content (AvgIpc) is 3.05. The SMILES string of the molecule is O=c1cc(CN2CCN(c3ncc(Br)cn3)CC2)nc2sccn12. The van der Waals surface area contributed by atoms with Gasteiger partial charge in [0.1, 0.15) is 0 Å². The van der Waals surface area contributed by atoms with Gasteiger partial charge in [-0.1, -0.05) is 0 Å². The summed E-state index contributed by atoms with van der Waals surface area (Å²) in [6.07, 6.45) is 5.29. The Kier molecular flexibility index (Phi) is 4.30. The molecule has 0 radical (unpaired) electrons. The second kappa shape index (κ2) is 6.58. The molecule has 9 heteroatoms. The molecular formula is C15H15BrN6OS. The molecule has 0 aliphatic carbocycles. The van der Waals surface area contributed by atoms with Crippen LogP contribution in [0.25, 0.3) is 4.96 Å². The van der Waals surface area contributed by atoms with Crippen LogP contribution in [0.15, 0.2) is 39.3 Å². The van der Waals surface area contributed by atoms with E-state index in [0.29, 0.717) is 6.54 Å². The summed E-state index contributed by atoms with van der Waals surface area (Å²) in [6.45, 7) is 4.21. The lowest BCUT2D eigenvalue weighted by Crippen LogP contribution is -2.46.